The molecule has 112 valence electrons. The third-order valence-electron chi connectivity index (χ3n) is 2.48. The first-order valence-corrected chi connectivity index (χ1v) is 6.41. The number of nitrogens with one attached hydrogen (secondary N) is 1. The minimum atomic E-state index is -0.445. The Morgan fingerprint density at radius 3 is 2.75 bits per heavy atom. The van der Waals surface area contributed by atoms with Crippen LogP contribution in [0.2, 0.25) is 0 Å². The molecule has 7 nitrogen and oxygen atoms in total. The molecule has 0 fully saturated rings. The van der Waals surface area contributed by atoms with Crippen molar-refractivity contribution in [2.45, 2.75) is 6.92 Å². The smallest absolute Gasteiger partial charge is 0.333 e. The van der Waals surface area contributed by atoms with E-state index in [9.17, 15) is 10.1 Å². The summed E-state index contributed by atoms with van der Waals surface area (Å²) in [6.45, 7) is 4.11. The number of hydrogen-bond acceptors (Lipinski definition) is 6. The molecule has 1 rings (SSSR count). The average molecular weight is 284 g/mol. The van der Waals surface area contributed by atoms with Gasteiger partial charge in [0.15, 0.2) is 5.75 Å². The molecule has 0 saturated carbocycles. The number of anilines is 1. The number of hydrogen-bond donors (Lipinski definition) is 1. The second-order valence-electron chi connectivity index (χ2n) is 3.87. The van der Waals surface area contributed by atoms with Crippen molar-refractivity contribution in [2.24, 2.45) is 0 Å². The minimum Gasteiger partial charge on any atom is -0.487 e. The fraction of sp³-hybridized carbons (Fsp3) is 0.538. The maximum Gasteiger partial charge on any atom is 0.333 e. The van der Waals surface area contributed by atoms with Crippen LogP contribution in [-0.4, -0.2) is 45.0 Å². The summed E-state index contributed by atoms with van der Waals surface area (Å²) in [7, 11) is 1.60. The average Bonchev–Trinajstić information content (AvgIpc) is 2.43. The zero-order valence-electron chi connectivity index (χ0n) is 11.8. The molecule has 0 aromatic heterocycles. The molecule has 0 bridgehead atoms. The lowest BCUT2D eigenvalue weighted by molar-refractivity contribution is -0.384. The summed E-state index contributed by atoms with van der Waals surface area (Å²) in [4.78, 5) is 10.7. The number of nitro benzene ring substituents is 1. The number of nitrogens with zero attached hydrogens (tertiary/aromatic N) is 1. The second kappa shape index (κ2) is 9.11. The number of benzene rings is 1. The zero-order chi connectivity index (χ0) is 14.8. The molecule has 7 heteroatoms. The molecule has 1 aromatic carbocycles. The van der Waals surface area contributed by atoms with Crippen molar-refractivity contribution in [1.29, 1.82) is 0 Å². The monoisotopic (exact) mass is 284 g/mol. The number of rotatable bonds is 10. The summed E-state index contributed by atoms with van der Waals surface area (Å²) in [6.07, 6.45) is 0. The van der Waals surface area contributed by atoms with Crippen LogP contribution in [0.1, 0.15) is 6.92 Å². The first-order valence-electron chi connectivity index (χ1n) is 6.41. The van der Waals surface area contributed by atoms with E-state index < -0.39 is 4.92 Å². The van der Waals surface area contributed by atoms with E-state index in [2.05, 4.69) is 5.32 Å². The molecule has 0 aliphatic rings. The summed E-state index contributed by atoms with van der Waals surface area (Å²) in [6, 6.07) is 4.95. The van der Waals surface area contributed by atoms with Crippen LogP contribution in [0.4, 0.5) is 11.4 Å². The molecule has 0 aliphatic carbocycles. The van der Waals surface area contributed by atoms with Gasteiger partial charge in [0.2, 0.25) is 0 Å². The zero-order valence-corrected chi connectivity index (χ0v) is 11.8. The van der Waals surface area contributed by atoms with E-state index in [0.717, 1.165) is 0 Å². The Labute approximate surface area is 118 Å². The van der Waals surface area contributed by atoms with Crippen molar-refractivity contribution >= 4 is 11.4 Å². The van der Waals surface area contributed by atoms with E-state index in [1.165, 1.54) is 0 Å². The van der Waals surface area contributed by atoms with E-state index in [4.69, 9.17) is 14.2 Å². The van der Waals surface area contributed by atoms with E-state index in [-0.39, 0.29) is 11.4 Å². The summed E-state index contributed by atoms with van der Waals surface area (Å²) >= 11 is 0. The van der Waals surface area contributed by atoms with Crippen molar-refractivity contribution in [3.63, 3.8) is 0 Å². The highest BCUT2D eigenvalue weighted by molar-refractivity contribution is 5.68. The summed E-state index contributed by atoms with van der Waals surface area (Å²) < 4.78 is 15.4. The van der Waals surface area contributed by atoms with Gasteiger partial charge in [0.1, 0.15) is 5.69 Å². The normalized spacial score (nSPS) is 10.3. The molecule has 0 atom stereocenters. The standard InChI is InChI=1S/C13H20N2O5/c1-3-20-12-6-4-5-11(13(12)15(16)17)14-7-8-19-10-9-18-2/h4-6,14H,3,7-10H2,1-2H3. The summed E-state index contributed by atoms with van der Waals surface area (Å²) in [5.74, 6) is 0.266. The molecule has 1 aromatic rings. The van der Waals surface area contributed by atoms with Gasteiger partial charge in [-0.05, 0) is 19.1 Å². The molecule has 0 unspecified atom stereocenters. The second-order valence-corrected chi connectivity index (χ2v) is 3.87. The van der Waals surface area contributed by atoms with E-state index in [1.54, 1.807) is 32.2 Å². The maximum absolute atomic E-state index is 11.1. The summed E-state index contributed by atoms with van der Waals surface area (Å²) in [5.41, 5.74) is 0.377. The van der Waals surface area contributed by atoms with Crippen LogP contribution >= 0.6 is 0 Å². The molecular weight excluding hydrogens is 264 g/mol. The highest BCUT2D eigenvalue weighted by atomic mass is 16.6. The molecule has 0 spiro atoms. The van der Waals surface area contributed by atoms with E-state index in [1.807, 2.05) is 0 Å². The third-order valence-corrected chi connectivity index (χ3v) is 2.48. The Bertz CT molecular complexity index is 425. The quantitative estimate of drug-likeness (QED) is 0.402. The summed E-state index contributed by atoms with van der Waals surface area (Å²) in [5, 5.41) is 14.1. The largest absolute Gasteiger partial charge is 0.487 e. The lowest BCUT2D eigenvalue weighted by Crippen LogP contribution is -2.13. The highest BCUT2D eigenvalue weighted by Gasteiger charge is 2.20. The highest BCUT2D eigenvalue weighted by Crippen LogP contribution is 2.34. The predicted molar refractivity (Wildman–Crippen MR) is 75.5 cm³/mol. The Balaban J connectivity index is 2.60. The molecule has 0 aliphatic heterocycles. The minimum absolute atomic E-state index is 0.0498. The topological polar surface area (TPSA) is 82.9 Å². The fourth-order valence-electron chi connectivity index (χ4n) is 1.63. The van der Waals surface area contributed by atoms with Gasteiger partial charge in [-0.1, -0.05) is 6.07 Å². The fourth-order valence-corrected chi connectivity index (χ4v) is 1.63. The third kappa shape index (κ3) is 5.02. The van der Waals surface area contributed by atoms with Gasteiger partial charge < -0.3 is 19.5 Å². The van der Waals surface area contributed by atoms with Gasteiger partial charge in [0, 0.05) is 13.7 Å². The Hall–Kier alpha value is -1.86. The van der Waals surface area contributed by atoms with Gasteiger partial charge in [-0.2, -0.15) is 0 Å². The first-order chi connectivity index (χ1) is 9.70. The van der Waals surface area contributed by atoms with Crippen molar-refractivity contribution in [1.82, 2.24) is 0 Å². The van der Waals surface area contributed by atoms with Gasteiger partial charge in [0.05, 0.1) is 31.4 Å². The Kier molecular flexibility index (Phi) is 7.38. The van der Waals surface area contributed by atoms with Crippen LogP contribution in [0.5, 0.6) is 5.75 Å². The van der Waals surface area contributed by atoms with Gasteiger partial charge in [-0.3, -0.25) is 10.1 Å². The van der Waals surface area contributed by atoms with Crippen LogP contribution in [-0.2, 0) is 9.47 Å². The van der Waals surface area contributed by atoms with Crippen molar-refractivity contribution in [3.8, 4) is 5.75 Å². The molecular formula is C13H20N2O5. The molecule has 0 radical (unpaired) electrons. The number of nitro groups is 1. The van der Waals surface area contributed by atoms with Gasteiger partial charge >= 0.3 is 5.69 Å². The van der Waals surface area contributed by atoms with Crippen LogP contribution in [0, 0.1) is 10.1 Å². The van der Waals surface area contributed by atoms with Crippen molar-refractivity contribution in [3.05, 3.63) is 28.3 Å². The molecule has 0 heterocycles. The Morgan fingerprint density at radius 2 is 2.10 bits per heavy atom. The number of ether oxygens (including phenoxy) is 3. The lowest BCUT2D eigenvalue weighted by atomic mass is 10.2. The molecule has 0 saturated heterocycles. The van der Waals surface area contributed by atoms with Crippen molar-refractivity contribution < 1.29 is 19.1 Å². The van der Waals surface area contributed by atoms with Crippen LogP contribution in [0.15, 0.2) is 18.2 Å². The SMILES string of the molecule is CCOc1cccc(NCCOCCOC)c1[N+](=O)[O-]. The lowest BCUT2D eigenvalue weighted by Gasteiger charge is -2.10. The number of para-hydroxylation sites is 1. The number of methoxy groups -OCH3 is 1. The molecule has 1 N–H and O–H groups in total. The molecule has 0 amide bonds. The maximum atomic E-state index is 11.1. The van der Waals surface area contributed by atoms with Crippen molar-refractivity contribution in [2.75, 3.05) is 45.4 Å². The van der Waals surface area contributed by atoms with Gasteiger partial charge in [0.25, 0.3) is 0 Å². The van der Waals surface area contributed by atoms with Crippen LogP contribution in [0.3, 0.4) is 0 Å². The van der Waals surface area contributed by atoms with Gasteiger partial charge in [-0.15, -0.1) is 0 Å². The van der Waals surface area contributed by atoms with Crippen LogP contribution < -0.4 is 10.1 Å². The first kappa shape index (κ1) is 16.2. The Morgan fingerprint density at radius 1 is 1.30 bits per heavy atom. The molecule has 20 heavy (non-hydrogen) atoms. The predicted octanol–water partition coefficient (Wildman–Crippen LogP) is 2.07. The van der Waals surface area contributed by atoms with Gasteiger partial charge in [-0.25, -0.2) is 0 Å². The van der Waals surface area contributed by atoms with E-state index in [0.29, 0.717) is 38.7 Å². The van der Waals surface area contributed by atoms with E-state index >= 15 is 0 Å². The van der Waals surface area contributed by atoms with Crippen LogP contribution in [0.25, 0.3) is 0 Å².